The summed E-state index contributed by atoms with van der Waals surface area (Å²) in [6, 6.07) is 5.53. The summed E-state index contributed by atoms with van der Waals surface area (Å²) in [7, 11) is 0. The molecule has 0 radical (unpaired) electrons. The number of pyridine rings is 1. The highest BCUT2D eigenvalue weighted by atomic mass is 16.5. The van der Waals surface area contributed by atoms with E-state index in [0.29, 0.717) is 23.6 Å². The SMILES string of the molecule is O=C(NCC1CCCO1)c1nc(C(=O)N2CCCCCC2)n2ccccc12. The van der Waals surface area contributed by atoms with E-state index in [4.69, 9.17) is 4.74 Å². The Labute approximate surface area is 158 Å². The van der Waals surface area contributed by atoms with Crippen LogP contribution in [0.3, 0.4) is 0 Å². The fourth-order valence-corrected chi connectivity index (χ4v) is 3.87. The molecule has 7 heteroatoms. The molecule has 2 amide bonds. The first-order valence-corrected chi connectivity index (χ1v) is 9.90. The standard InChI is InChI=1S/C20H26N4O3/c25-19(21-14-15-8-7-13-27-15)17-16-9-3-6-12-24(16)18(22-17)20(26)23-10-4-1-2-5-11-23/h3,6,9,12,15H,1-2,4-5,7-8,10-11,13-14H2,(H,21,25). The minimum Gasteiger partial charge on any atom is -0.376 e. The van der Waals surface area contributed by atoms with Gasteiger partial charge in [0, 0.05) is 32.4 Å². The second kappa shape index (κ2) is 8.08. The molecule has 4 rings (SSSR count). The topological polar surface area (TPSA) is 75.9 Å². The van der Waals surface area contributed by atoms with Gasteiger partial charge in [-0.1, -0.05) is 18.9 Å². The molecular weight excluding hydrogens is 344 g/mol. The molecule has 2 aromatic heterocycles. The van der Waals surface area contributed by atoms with E-state index >= 15 is 0 Å². The maximum Gasteiger partial charge on any atom is 0.290 e. The fourth-order valence-electron chi connectivity index (χ4n) is 3.87. The van der Waals surface area contributed by atoms with Crippen LogP contribution in [0.15, 0.2) is 24.4 Å². The van der Waals surface area contributed by atoms with Crippen LogP contribution in [0.4, 0.5) is 0 Å². The van der Waals surface area contributed by atoms with Crippen molar-refractivity contribution in [2.45, 2.75) is 44.6 Å². The van der Waals surface area contributed by atoms with Gasteiger partial charge in [0.2, 0.25) is 5.82 Å². The molecule has 0 spiro atoms. The summed E-state index contributed by atoms with van der Waals surface area (Å²) >= 11 is 0. The normalized spacial score (nSPS) is 20.6. The van der Waals surface area contributed by atoms with Crippen molar-refractivity contribution in [1.29, 1.82) is 0 Å². The number of fused-ring (bicyclic) bond motifs is 1. The summed E-state index contributed by atoms with van der Waals surface area (Å²) < 4.78 is 7.29. The van der Waals surface area contributed by atoms with Crippen LogP contribution in [0.5, 0.6) is 0 Å². The van der Waals surface area contributed by atoms with Gasteiger partial charge in [-0.3, -0.25) is 14.0 Å². The molecule has 1 unspecified atom stereocenters. The van der Waals surface area contributed by atoms with Crippen LogP contribution in [-0.2, 0) is 4.74 Å². The first-order chi connectivity index (χ1) is 13.2. The lowest BCUT2D eigenvalue weighted by Crippen LogP contribution is -2.33. The summed E-state index contributed by atoms with van der Waals surface area (Å²) in [6.45, 7) is 2.73. The number of likely N-dealkylation sites (tertiary alicyclic amines) is 1. The second-order valence-corrected chi connectivity index (χ2v) is 7.29. The average molecular weight is 370 g/mol. The van der Waals surface area contributed by atoms with E-state index in [-0.39, 0.29) is 17.9 Å². The largest absolute Gasteiger partial charge is 0.376 e. The van der Waals surface area contributed by atoms with Gasteiger partial charge in [0.05, 0.1) is 11.6 Å². The number of nitrogens with zero attached hydrogens (tertiary/aromatic N) is 3. The van der Waals surface area contributed by atoms with E-state index in [1.807, 2.05) is 23.1 Å². The number of imidazole rings is 1. The molecule has 27 heavy (non-hydrogen) atoms. The van der Waals surface area contributed by atoms with Gasteiger partial charge in [0.15, 0.2) is 5.69 Å². The van der Waals surface area contributed by atoms with Gasteiger partial charge in [-0.05, 0) is 37.8 Å². The summed E-state index contributed by atoms with van der Waals surface area (Å²) in [4.78, 5) is 32.1. The molecule has 4 heterocycles. The second-order valence-electron chi connectivity index (χ2n) is 7.29. The molecule has 7 nitrogen and oxygen atoms in total. The number of ether oxygens (including phenoxy) is 1. The van der Waals surface area contributed by atoms with Crippen molar-refractivity contribution in [1.82, 2.24) is 19.6 Å². The van der Waals surface area contributed by atoms with Crippen LogP contribution in [0.25, 0.3) is 5.52 Å². The molecule has 0 saturated carbocycles. The molecule has 2 saturated heterocycles. The smallest absolute Gasteiger partial charge is 0.290 e. The number of carbonyl (C=O) groups excluding carboxylic acids is 2. The highest BCUT2D eigenvalue weighted by Gasteiger charge is 2.26. The molecular formula is C20H26N4O3. The molecule has 2 aliphatic heterocycles. The van der Waals surface area contributed by atoms with Gasteiger partial charge >= 0.3 is 0 Å². The zero-order valence-corrected chi connectivity index (χ0v) is 15.5. The lowest BCUT2D eigenvalue weighted by Gasteiger charge is -2.19. The monoisotopic (exact) mass is 370 g/mol. The first kappa shape index (κ1) is 18.0. The third kappa shape index (κ3) is 3.83. The Morgan fingerprint density at radius 1 is 1.15 bits per heavy atom. The Bertz CT molecular complexity index is 818. The highest BCUT2D eigenvalue weighted by molar-refractivity contribution is 6.02. The van der Waals surface area contributed by atoms with Crippen molar-refractivity contribution < 1.29 is 14.3 Å². The van der Waals surface area contributed by atoms with E-state index in [2.05, 4.69) is 10.3 Å². The Morgan fingerprint density at radius 2 is 1.96 bits per heavy atom. The Hall–Kier alpha value is -2.41. The highest BCUT2D eigenvalue weighted by Crippen LogP contribution is 2.18. The molecule has 2 fully saturated rings. The maximum absolute atomic E-state index is 13.1. The number of amides is 2. The van der Waals surface area contributed by atoms with Gasteiger partial charge < -0.3 is 15.0 Å². The molecule has 0 bridgehead atoms. The van der Waals surface area contributed by atoms with Crippen molar-refractivity contribution in [3.8, 4) is 0 Å². The number of aromatic nitrogens is 2. The van der Waals surface area contributed by atoms with E-state index in [1.165, 1.54) is 0 Å². The van der Waals surface area contributed by atoms with Gasteiger partial charge in [-0.25, -0.2) is 4.98 Å². The Balaban J connectivity index is 1.58. The van der Waals surface area contributed by atoms with Crippen LogP contribution >= 0.6 is 0 Å². The molecule has 2 aromatic rings. The first-order valence-electron chi connectivity index (χ1n) is 9.90. The Morgan fingerprint density at radius 3 is 2.70 bits per heavy atom. The number of nitrogens with one attached hydrogen (secondary N) is 1. The summed E-state index contributed by atoms with van der Waals surface area (Å²) in [5.41, 5.74) is 0.951. The molecule has 0 aliphatic carbocycles. The maximum atomic E-state index is 13.1. The summed E-state index contributed by atoms with van der Waals surface area (Å²) in [6.07, 6.45) is 8.20. The van der Waals surface area contributed by atoms with Gasteiger partial charge in [0.1, 0.15) is 0 Å². The molecule has 144 valence electrons. The molecule has 2 aliphatic rings. The van der Waals surface area contributed by atoms with Gasteiger partial charge in [0.25, 0.3) is 11.8 Å². The van der Waals surface area contributed by atoms with Crippen LogP contribution in [0.2, 0.25) is 0 Å². The Kier molecular flexibility index (Phi) is 5.38. The molecule has 1 atom stereocenters. The predicted molar refractivity (Wildman–Crippen MR) is 101 cm³/mol. The molecule has 0 aromatic carbocycles. The van der Waals surface area contributed by atoms with Crippen molar-refractivity contribution in [3.63, 3.8) is 0 Å². The minimum atomic E-state index is -0.260. The molecule has 1 N–H and O–H groups in total. The van der Waals surface area contributed by atoms with E-state index in [1.54, 1.807) is 10.6 Å². The van der Waals surface area contributed by atoms with Crippen LogP contribution < -0.4 is 5.32 Å². The number of hydrogen-bond donors (Lipinski definition) is 1. The quantitative estimate of drug-likeness (QED) is 0.896. The fraction of sp³-hybridized carbons (Fsp3) is 0.550. The van der Waals surface area contributed by atoms with Crippen molar-refractivity contribution in [3.05, 3.63) is 35.9 Å². The van der Waals surface area contributed by atoms with Crippen LogP contribution in [0, 0.1) is 0 Å². The predicted octanol–water partition coefficient (Wildman–Crippen LogP) is 2.26. The van der Waals surface area contributed by atoms with Crippen molar-refractivity contribution in [2.24, 2.45) is 0 Å². The minimum absolute atomic E-state index is 0.0704. The summed E-state index contributed by atoms with van der Waals surface area (Å²) in [5.74, 6) is -0.0461. The van der Waals surface area contributed by atoms with Gasteiger partial charge in [-0.15, -0.1) is 0 Å². The number of carbonyl (C=O) groups is 2. The van der Waals surface area contributed by atoms with E-state index < -0.39 is 0 Å². The van der Waals surface area contributed by atoms with E-state index in [0.717, 1.165) is 58.2 Å². The van der Waals surface area contributed by atoms with Crippen LogP contribution in [-0.4, -0.2) is 58.4 Å². The van der Waals surface area contributed by atoms with Crippen molar-refractivity contribution >= 4 is 17.3 Å². The van der Waals surface area contributed by atoms with Gasteiger partial charge in [-0.2, -0.15) is 0 Å². The summed E-state index contributed by atoms with van der Waals surface area (Å²) in [5, 5.41) is 2.91. The van der Waals surface area contributed by atoms with Crippen LogP contribution in [0.1, 0.15) is 59.6 Å². The number of hydrogen-bond acceptors (Lipinski definition) is 4. The third-order valence-corrected chi connectivity index (χ3v) is 5.36. The third-order valence-electron chi connectivity index (χ3n) is 5.36. The lowest BCUT2D eigenvalue weighted by molar-refractivity contribution is 0.0748. The van der Waals surface area contributed by atoms with Crippen molar-refractivity contribution in [2.75, 3.05) is 26.2 Å². The lowest BCUT2D eigenvalue weighted by atomic mass is 10.2. The average Bonchev–Trinajstić information content (AvgIpc) is 3.26. The van der Waals surface area contributed by atoms with E-state index in [9.17, 15) is 9.59 Å². The zero-order valence-electron chi connectivity index (χ0n) is 15.5. The zero-order chi connectivity index (χ0) is 18.6. The number of rotatable bonds is 4.